The Hall–Kier alpha value is -2.80. The third-order valence-electron chi connectivity index (χ3n) is 3.90. The molecule has 2 heterocycles. The molecule has 1 aliphatic heterocycles. The minimum Gasteiger partial charge on any atom is -0.365 e. The van der Waals surface area contributed by atoms with E-state index in [1.165, 1.54) is 18.3 Å². The average molecular weight is 343 g/mol. The number of ether oxygens (including phenoxy) is 1. The fraction of sp³-hybridized carbons (Fsp3) is 0.278. The van der Waals surface area contributed by atoms with Gasteiger partial charge >= 0.3 is 0 Å². The molecule has 0 radical (unpaired) electrons. The summed E-state index contributed by atoms with van der Waals surface area (Å²) < 4.78 is 19.0. The molecule has 1 atom stereocenters. The number of pyridine rings is 1. The van der Waals surface area contributed by atoms with Crippen LogP contribution in [0.15, 0.2) is 48.7 Å². The molecule has 1 saturated heterocycles. The number of morpholine rings is 1. The Balaban J connectivity index is 1.55. The average Bonchev–Trinajstić information content (AvgIpc) is 2.63. The molecule has 2 amide bonds. The lowest BCUT2D eigenvalue weighted by molar-refractivity contribution is -0.149. The van der Waals surface area contributed by atoms with E-state index in [9.17, 15) is 14.0 Å². The molecule has 6 nitrogen and oxygen atoms in total. The third kappa shape index (κ3) is 4.39. The van der Waals surface area contributed by atoms with E-state index >= 15 is 0 Å². The highest BCUT2D eigenvalue weighted by Crippen LogP contribution is 2.11. The van der Waals surface area contributed by atoms with Gasteiger partial charge in [-0.05, 0) is 17.7 Å². The summed E-state index contributed by atoms with van der Waals surface area (Å²) in [7, 11) is 0. The van der Waals surface area contributed by atoms with E-state index in [1.807, 2.05) is 30.3 Å². The Labute approximate surface area is 144 Å². The SMILES string of the molecule is O=C(NCC1CN(Cc2ccccc2)C(=O)CO1)c1ncccc1F. The van der Waals surface area contributed by atoms with Crippen LogP contribution in [-0.4, -0.2) is 47.5 Å². The van der Waals surface area contributed by atoms with Gasteiger partial charge in [0.05, 0.1) is 6.10 Å². The molecule has 1 aromatic heterocycles. The summed E-state index contributed by atoms with van der Waals surface area (Å²) in [5, 5.41) is 2.60. The first-order valence-electron chi connectivity index (χ1n) is 7.95. The van der Waals surface area contributed by atoms with Crippen LogP contribution in [0.25, 0.3) is 0 Å². The summed E-state index contributed by atoms with van der Waals surface area (Å²) in [5.74, 6) is -1.37. The second-order valence-corrected chi connectivity index (χ2v) is 5.74. The number of benzene rings is 1. The first kappa shape index (κ1) is 17.0. The van der Waals surface area contributed by atoms with Crippen LogP contribution in [0.4, 0.5) is 4.39 Å². The van der Waals surface area contributed by atoms with Gasteiger partial charge in [0.25, 0.3) is 5.91 Å². The summed E-state index contributed by atoms with van der Waals surface area (Å²) in [5.41, 5.74) is 0.770. The molecule has 0 spiro atoms. The summed E-state index contributed by atoms with van der Waals surface area (Å²) >= 11 is 0. The van der Waals surface area contributed by atoms with Crippen LogP contribution in [0, 0.1) is 5.82 Å². The molecule has 7 heteroatoms. The van der Waals surface area contributed by atoms with Crippen molar-refractivity contribution < 1.29 is 18.7 Å². The zero-order chi connectivity index (χ0) is 17.6. The van der Waals surface area contributed by atoms with Crippen LogP contribution in [0.5, 0.6) is 0 Å². The van der Waals surface area contributed by atoms with E-state index in [-0.39, 0.29) is 30.9 Å². The predicted octanol–water partition coefficient (Wildman–Crippen LogP) is 1.38. The highest BCUT2D eigenvalue weighted by Gasteiger charge is 2.27. The lowest BCUT2D eigenvalue weighted by Gasteiger charge is -2.32. The van der Waals surface area contributed by atoms with Gasteiger partial charge in [-0.25, -0.2) is 9.37 Å². The predicted molar refractivity (Wildman–Crippen MR) is 88.1 cm³/mol. The van der Waals surface area contributed by atoms with Crippen molar-refractivity contribution in [3.63, 3.8) is 0 Å². The van der Waals surface area contributed by atoms with E-state index in [2.05, 4.69) is 10.3 Å². The van der Waals surface area contributed by atoms with Crippen LogP contribution >= 0.6 is 0 Å². The molecule has 0 saturated carbocycles. The number of rotatable bonds is 5. The van der Waals surface area contributed by atoms with Crippen LogP contribution in [0.2, 0.25) is 0 Å². The first-order valence-corrected chi connectivity index (χ1v) is 7.95. The normalized spacial score (nSPS) is 17.4. The number of hydrogen-bond donors (Lipinski definition) is 1. The Bertz CT molecular complexity index is 754. The van der Waals surface area contributed by atoms with Gasteiger partial charge in [0, 0.05) is 25.8 Å². The highest BCUT2D eigenvalue weighted by molar-refractivity contribution is 5.92. The van der Waals surface area contributed by atoms with Crippen molar-refractivity contribution in [2.45, 2.75) is 12.6 Å². The zero-order valence-corrected chi connectivity index (χ0v) is 13.5. The molecule has 1 N–H and O–H groups in total. The molecule has 130 valence electrons. The second-order valence-electron chi connectivity index (χ2n) is 5.74. The molecule has 1 aromatic carbocycles. The molecule has 3 rings (SSSR count). The van der Waals surface area contributed by atoms with Crippen molar-refractivity contribution in [2.75, 3.05) is 19.7 Å². The van der Waals surface area contributed by atoms with Gasteiger partial charge in [0.1, 0.15) is 6.61 Å². The summed E-state index contributed by atoms with van der Waals surface area (Å²) in [6.07, 6.45) is 1.01. The number of nitrogens with one attached hydrogen (secondary N) is 1. The lowest BCUT2D eigenvalue weighted by atomic mass is 10.2. The fourth-order valence-electron chi connectivity index (χ4n) is 2.60. The van der Waals surface area contributed by atoms with Crippen LogP contribution in [0.3, 0.4) is 0 Å². The smallest absolute Gasteiger partial charge is 0.273 e. The van der Waals surface area contributed by atoms with Gasteiger partial charge in [-0.15, -0.1) is 0 Å². The number of nitrogens with zero attached hydrogens (tertiary/aromatic N) is 2. The number of halogens is 1. The summed E-state index contributed by atoms with van der Waals surface area (Å²) in [4.78, 5) is 29.4. The maximum absolute atomic E-state index is 13.6. The van der Waals surface area contributed by atoms with Gasteiger partial charge in [-0.2, -0.15) is 0 Å². The molecular formula is C18H18FN3O3. The number of aromatic nitrogens is 1. The van der Waals surface area contributed by atoms with Gasteiger partial charge in [-0.1, -0.05) is 30.3 Å². The first-order chi connectivity index (χ1) is 12.1. The molecule has 25 heavy (non-hydrogen) atoms. The van der Waals surface area contributed by atoms with Crippen molar-refractivity contribution >= 4 is 11.8 Å². The maximum atomic E-state index is 13.6. The van der Waals surface area contributed by atoms with E-state index in [1.54, 1.807) is 4.90 Å². The van der Waals surface area contributed by atoms with E-state index < -0.39 is 11.7 Å². The van der Waals surface area contributed by atoms with E-state index in [0.717, 1.165) is 5.56 Å². The molecule has 2 aromatic rings. The molecule has 0 bridgehead atoms. The monoisotopic (exact) mass is 343 g/mol. The Morgan fingerprint density at radius 2 is 2.08 bits per heavy atom. The standard InChI is InChI=1S/C18H18FN3O3/c19-15-7-4-8-20-17(15)18(24)21-9-14-11-22(16(23)12-25-14)10-13-5-2-1-3-6-13/h1-8,14H,9-12H2,(H,21,24). The Kier molecular flexibility index (Phi) is 5.35. The maximum Gasteiger partial charge on any atom is 0.273 e. The van der Waals surface area contributed by atoms with Crippen molar-refractivity contribution in [3.05, 3.63) is 65.7 Å². The van der Waals surface area contributed by atoms with Gasteiger partial charge in [0.15, 0.2) is 11.5 Å². The second kappa shape index (κ2) is 7.85. The number of carbonyl (C=O) groups excluding carboxylic acids is 2. The van der Waals surface area contributed by atoms with Crippen LogP contribution < -0.4 is 5.32 Å². The minimum atomic E-state index is -0.676. The number of amides is 2. The van der Waals surface area contributed by atoms with E-state index in [4.69, 9.17) is 4.74 Å². The fourth-order valence-corrected chi connectivity index (χ4v) is 2.60. The largest absolute Gasteiger partial charge is 0.365 e. The van der Waals surface area contributed by atoms with Gasteiger partial charge < -0.3 is 15.0 Å². The molecule has 1 fully saturated rings. The zero-order valence-electron chi connectivity index (χ0n) is 13.5. The summed E-state index contributed by atoms with van der Waals surface area (Å²) in [6.45, 7) is 0.986. The molecule has 0 aliphatic carbocycles. The lowest BCUT2D eigenvalue weighted by Crippen LogP contribution is -2.50. The number of carbonyl (C=O) groups is 2. The quantitative estimate of drug-likeness (QED) is 0.890. The van der Waals surface area contributed by atoms with Gasteiger partial charge in [-0.3, -0.25) is 9.59 Å². The van der Waals surface area contributed by atoms with Crippen LogP contribution in [-0.2, 0) is 16.1 Å². The van der Waals surface area contributed by atoms with Crippen molar-refractivity contribution in [2.24, 2.45) is 0 Å². The Morgan fingerprint density at radius 3 is 2.84 bits per heavy atom. The molecule has 1 aliphatic rings. The third-order valence-corrected chi connectivity index (χ3v) is 3.90. The Morgan fingerprint density at radius 1 is 1.28 bits per heavy atom. The molecule has 1 unspecified atom stereocenters. The number of hydrogen-bond acceptors (Lipinski definition) is 4. The van der Waals surface area contributed by atoms with Crippen molar-refractivity contribution in [1.82, 2.24) is 15.2 Å². The van der Waals surface area contributed by atoms with E-state index in [0.29, 0.717) is 13.1 Å². The highest BCUT2D eigenvalue weighted by atomic mass is 19.1. The van der Waals surface area contributed by atoms with Crippen LogP contribution in [0.1, 0.15) is 16.1 Å². The van der Waals surface area contributed by atoms with Gasteiger partial charge in [0.2, 0.25) is 5.91 Å². The topological polar surface area (TPSA) is 71.5 Å². The molecular weight excluding hydrogens is 325 g/mol. The van der Waals surface area contributed by atoms with Crippen molar-refractivity contribution in [3.8, 4) is 0 Å². The summed E-state index contributed by atoms with van der Waals surface area (Å²) in [6, 6.07) is 12.2. The minimum absolute atomic E-state index is 0.0364. The van der Waals surface area contributed by atoms with Crippen molar-refractivity contribution in [1.29, 1.82) is 0 Å².